The van der Waals surface area contributed by atoms with Gasteiger partial charge in [-0.15, -0.1) is 6.42 Å². The molecule has 0 unspecified atom stereocenters. The average molecular weight is 467 g/mol. The second-order valence-electron chi connectivity index (χ2n) is 12.0. The minimum absolute atomic E-state index is 0.0909. The summed E-state index contributed by atoms with van der Waals surface area (Å²) in [7, 11) is -4.00. The van der Waals surface area contributed by atoms with E-state index in [0.29, 0.717) is 0 Å². The number of terminal acetylenes is 1. The van der Waals surface area contributed by atoms with Gasteiger partial charge in [0.05, 0.1) is 0 Å². The second-order valence-corrected chi connectivity index (χ2v) is 21.4. The minimum atomic E-state index is -2.00. The maximum absolute atomic E-state index is 11.4. The first-order valence-corrected chi connectivity index (χ1v) is 17.1. The van der Waals surface area contributed by atoms with Gasteiger partial charge in [-0.25, -0.2) is 0 Å². The highest BCUT2D eigenvalue weighted by Gasteiger charge is 2.43. The first-order valence-electron chi connectivity index (χ1n) is 11.3. The zero-order chi connectivity index (χ0) is 24.3. The molecule has 0 atom stereocenters. The predicted octanol–water partition coefficient (Wildman–Crippen LogP) is 7.30. The Bertz CT molecular complexity index is 1000. The number of hydrogen-bond acceptors (Lipinski definition) is 3. The van der Waals surface area contributed by atoms with Gasteiger partial charge in [-0.2, -0.15) is 0 Å². The van der Waals surface area contributed by atoms with Crippen molar-refractivity contribution < 1.29 is 14.0 Å². The molecule has 0 aromatic heterocycles. The lowest BCUT2D eigenvalue weighted by Crippen LogP contribution is -2.43. The van der Waals surface area contributed by atoms with Crippen LogP contribution in [0.2, 0.25) is 36.3 Å². The number of rotatable bonds is 4. The Morgan fingerprint density at radius 3 is 1.38 bits per heavy atom. The SMILES string of the molecule is C#CC1(O)c2ccc(O[Si](C)(C)C(C)(C)C)cc2-c2cc(O[Si](C)(C)C(C)(C)C)ccc21. The minimum Gasteiger partial charge on any atom is -0.543 e. The van der Waals surface area contributed by atoms with E-state index in [2.05, 4.69) is 73.7 Å². The third kappa shape index (κ3) is 4.05. The second kappa shape index (κ2) is 7.51. The lowest BCUT2D eigenvalue weighted by atomic mass is 9.92. The molecule has 3 rings (SSSR count). The van der Waals surface area contributed by atoms with Crippen molar-refractivity contribution in [1.29, 1.82) is 0 Å². The molecule has 0 radical (unpaired) electrons. The lowest BCUT2D eigenvalue weighted by molar-refractivity contribution is 0.150. The fraction of sp³-hybridized carbons (Fsp3) is 0.481. The van der Waals surface area contributed by atoms with Crippen LogP contribution in [0.15, 0.2) is 36.4 Å². The molecule has 1 aliphatic rings. The van der Waals surface area contributed by atoms with Crippen molar-refractivity contribution in [3.05, 3.63) is 47.5 Å². The first kappa shape index (κ1) is 24.6. The normalized spacial score (nSPS) is 15.6. The Kier molecular flexibility index (Phi) is 5.78. The number of benzene rings is 2. The number of fused-ring (bicyclic) bond motifs is 3. The third-order valence-electron chi connectivity index (χ3n) is 7.62. The molecule has 0 saturated carbocycles. The summed E-state index contributed by atoms with van der Waals surface area (Å²) >= 11 is 0. The lowest BCUT2D eigenvalue weighted by Gasteiger charge is -2.36. The van der Waals surface area contributed by atoms with Crippen LogP contribution in [-0.4, -0.2) is 21.7 Å². The first-order chi connectivity index (χ1) is 14.4. The van der Waals surface area contributed by atoms with Crippen LogP contribution in [0.5, 0.6) is 11.5 Å². The zero-order valence-electron chi connectivity index (χ0n) is 21.3. The van der Waals surface area contributed by atoms with Gasteiger partial charge in [-0.3, -0.25) is 0 Å². The fourth-order valence-electron chi connectivity index (χ4n) is 3.45. The summed E-state index contributed by atoms with van der Waals surface area (Å²) < 4.78 is 13.1. The predicted molar refractivity (Wildman–Crippen MR) is 139 cm³/mol. The van der Waals surface area contributed by atoms with E-state index in [9.17, 15) is 5.11 Å². The standard InChI is InChI=1S/C27H38O3Si2/c1-12-27(28)23-15-13-19(29-31(8,9)25(2,3)4)17-21(23)22-18-20(14-16-24(22)27)30-32(10,11)26(5,6)7/h1,13-18,28H,2-11H3. The molecule has 1 N–H and O–H groups in total. The van der Waals surface area contributed by atoms with Crippen molar-refractivity contribution in [1.82, 2.24) is 0 Å². The van der Waals surface area contributed by atoms with E-state index in [4.69, 9.17) is 15.3 Å². The Morgan fingerprint density at radius 2 is 1.09 bits per heavy atom. The van der Waals surface area contributed by atoms with E-state index >= 15 is 0 Å². The third-order valence-corrected chi connectivity index (χ3v) is 16.3. The van der Waals surface area contributed by atoms with Crippen molar-refractivity contribution in [2.24, 2.45) is 0 Å². The summed E-state index contributed by atoms with van der Waals surface area (Å²) in [4.78, 5) is 0. The molecule has 1 aliphatic carbocycles. The summed E-state index contributed by atoms with van der Waals surface area (Å²) in [6.07, 6.45) is 5.84. The Labute approximate surface area is 196 Å². The van der Waals surface area contributed by atoms with Crippen LogP contribution in [0.25, 0.3) is 11.1 Å². The molecule has 0 heterocycles. The fourth-order valence-corrected chi connectivity index (χ4v) is 5.49. The summed E-state index contributed by atoms with van der Waals surface area (Å²) in [5.41, 5.74) is 1.83. The summed E-state index contributed by atoms with van der Waals surface area (Å²) in [5, 5.41) is 11.6. The highest BCUT2D eigenvalue weighted by Crippen LogP contribution is 2.50. The summed E-state index contributed by atoms with van der Waals surface area (Å²) in [6.45, 7) is 22.3. The maximum atomic E-state index is 11.4. The molecular weight excluding hydrogens is 428 g/mol. The monoisotopic (exact) mass is 466 g/mol. The topological polar surface area (TPSA) is 38.7 Å². The smallest absolute Gasteiger partial charge is 0.250 e. The van der Waals surface area contributed by atoms with Crippen molar-refractivity contribution in [3.63, 3.8) is 0 Å². The molecular formula is C27H38O3Si2. The van der Waals surface area contributed by atoms with Crippen molar-refractivity contribution in [3.8, 4) is 35.0 Å². The zero-order valence-corrected chi connectivity index (χ0v) is 23.3. The number of hydrogen-bond donors (Lipinski definition) is 1. The van der Waals surface area contributed by atoms with E-state index in [-0.39, 0.29) is 10.1 Å². The average Bonchev–Trinajstić information content (AvgIpc) is 2.88. The van der Waals surface area contributed by atoms with E-state index in [1.54, 1.807) is 0 Å². The molecule has 0 bridgehead atoms. The van der Waals surface area contributed by atoms with Gasteiger partial charge in [0.1, 0.15) is 11.5 Å². The molecule has 0 spiro atoms. The quantitative estimate of drug-likeness (QED) is 0.379. The van der Waals surface area contributed by atoms with Crippen LogP contribution in [0.3, 0.4) is 0 Å². The maximum Gasteiger partial charge on any atom is 0.250 e. The molecule has 2 aromatic carbocycles. The van der Waals surface area contributed by atoms with E-state index in [1.165, 1.54) is 0 Å². The van der Waals surface area contributed by atoms with Crippen LogP contribution in [0.4, 0.5) is 0 Å². The van der Waals surface area contributed by atoms with E-state index < -0.39 is 22.2 Å². The van der Waals surface area contributed by atoms with Crippen molar-refractivity contribution in [2.75, 3.05) is 0 Å². The Morgan fingerprint density at radius 1 is 0.750 bits per heavy atom. The molecule has 0 saturated heterocycles. The highest BCUT2D eigenvalue weighted by molar-refractivity contribution is 6.75. The van der Waals surface area contributed by atoms with Gasteiger partial charge in [0, 0.05) is 11.1 Å². The van der Waals surface area contributed by atoms with Gasteiger partial charge >= 0.3 is 0 Å². The van der Waals surface area contributed by atoms with Crippen molar-refractivity contribution in [2.45, 2.75) is 83.4 Å². The molecule has 3 nitrogen and oxygen atoms in total. The number of aliphatic hydroxyl groups is 1. The molecule has 0 aliphatic heterocycles. The van der Waals surface area contributed by atoms with Gasteiger partial charge in [-0.1, -0.05) is 59.6 Å². The van der Waals surface area contributed by atoms with Crippen LogP contribution < -0.4 is 8.85 Å². The van der Waals surface area contributed by atoms with E-state index in [1.807, 2.05) is 36.4 Å². The largest absolute Gasteiger partial charge is 0.543 e. The Balaban J connectivity index is 2.10. The van der Waals surface area contributed by atoms with Crippen LogP contribution in [0, 0.1) is 12.3 Å². The van der Waals surface area contributed by atoms with Crippen LogP contribution in [0.1, 0.15) is 52.7 Å². The highest BCUT2D eigenvalue weighted by atomic mass is 28.4. The van der Waals surface area contributed by atoms with Gasteiger partial charge < -0.3 is 14.0 Å². The van der Waals surface area contributed by atoms with Gasteiger partial charge in [0.15, 0.2) is 5.60 Å². The molecule has 2 aromatic rings. The van der Waals surface area contributed by atoms with Crippen molar-refractivity contribution >= 4 is 16.6 Å². The van der Waals surface area contributed by atoms with Crippen LogP contribution in [-0.2, 0) is 5.60 Å². The van der Waals surface area contributed by atoms with E-state index in [0.717, 1.165) is 33.8 Å². The molecule has 172 valence electrons. The van der Waals surface area contributed by atoms with Crippen LogP contribution >= 0.6 is 0 Å². The molecule has 5 heteroatoms. The summed E-state index contributed by atoms with van der Waals surface area (Å²) in [6, 6.07) is 11.7. The summed E-state index contributed by atoms with van der Waals surface area (Å²) in [5.74, 6) is 4.26. The Hall–Kier alpha value is -2.01. The van der Waals surface area contributed by atoms with Gasteiger partial charge in [0.25, 0.3) is 0 Å². The molecule has 32 heavy (non-hydrogen) atoms. The molecule has 0 fully saturated rings. The molecule has 0 amide bonds. The van der Waals surface area contributed by atoms with Gasteiger partial charge in [0.2, 0.25) is 16.6 Å². The van der Waals surface area contributed by atoms with Gasteiger partial charge in [-0.05, 0) is 71.7 Å².